The molecule has 0 aliphatic heterocycles. The minimum Gasteiger partial charge on any atom is -0.480 e. The highest BCUT2D eigenvalue weighted by Gasteiger charge is 2.30. The summed E-state index contributed by atoms with van der Waals surface area (Å²) in [5.41, 5.74) is 4.26. The van der Waals surface area contributed by atoms with Gasteiger partial charge in [0.15, 0.2) is 11.9 Å². The number of anilines is 1. The Bertz CT molecular complexity index is 1210. The summed E-state index contributed by atoms with van der Waals surface area (Å²) >= 11 is 0. The largest absolute Gasteiger partial charge is 0.480 e. The second kappa shape index (κ2) is 9.36. The average Bonchev–Trinajstić information content (AvgIpc) is 3.33. The van der Waals surface area contributed by atoms with Gasteiger partial charge in [-0.2, -0.15) is 5.10 Å². The number of ether oxygens (including phenoxy) is 1. The molecule has 4 rings (SSSR count). The average molecular weight is 464 g/mol. The molecule has 4 N–H and O–H groups in total. The number of aryl methyl sites for hydroxylation is 1. The first-order valence-electron chi connectivity index (χ1n) is 10.6. The van der Waals surface area contributed by atoms with Gasteiger partial charge in [0.2, 0.25) is 0 Å². The van der Waals surface area contributed by atoms with Gasteiger partial charge in [-0.3, -0.25) is 14.8 Å². The lowest BCUT2D eigenvalue weighted by molar-refractivity contribution is -0.141. The highest BCUT2D eigenvalue weighted by molar-refractivity contribution is 6.02. The summed E-state index contributed by atoms with van der Waals surface area (Å²) in [7, 11) is 1.54. The number of rotatable bonds is 7. The zero-order chi connectivity index (χ0) is 24.4. The van der Waals surface area contributed by atoms with Crippen LogP contribution in [-0.2, 0) is 16.6 Å². The van der Waals surface area contributed by atoms with E-state index in [2.05, 4.69) is 15.7 Å². The number of aliphatic hydroxyl groups is 1. The van der Waals surface area contributed by atoms with Gasteiger partial charge in [0.25, 0.3) is 5.91 Å². The van der Waals surface area contributed by atoms with Crippen molar-refractivity contribution in [1.82, 2.24) is 15.1 Å². The highest BCUT2D eigenvalue weighted by atomic mass is 16.5. The topological polar surface area (TPSA) is 143 Å². The van der Waals surface area contributed by atoms with Gasteiger partial charge in [-0.1, -0.05) is 48.5 Å². The van der Waals surface area contributed by atoms with Crippen LogP contribution in [0.2, 0.25) is 0 Å². The molecule has 0 bridgehead atoms. The zero-order valence-corrected chi connectivity index (χ0v) is 18.6. The number of hydrogen-bond donors (Lipinski definition) is 4. The summed E-state index contributed by atoms with van der Waals surface area (Å²) in [5, 5.41) is 27.5. The summed E-state index contributed by atoms with van der Waals surface area (Å²) in [6, 6.07) is 14.4. The smallest absolute Gasteiger partial charge is 0.412 e. The van der Waals surface area contributed by atoms with E-state index in [4.69, 9.17) is 4.74 Å². The number of carbonyl (C=O) groups is 3. The summed E-state index contributed by atoms with van der Waals surface area (Å²) in [6.07, 6.45) is -0.799. The molecule has 0 saturated heterocycles. The predicted molar refractivity (Wildman–Crippen MR) is 122 cm³/mol. The molecule has 2 atom stereocenters. The lowest BCUT2D eigenvalue weighted by Gasteiger charge is -2.17. The third-order valence-electron chi connectivity index (χ3n) is 5.67. The number of amides is 2. The van der Waals surface area contributed by atoms with Crippen LogP contribution in [0, 0.1) is 0 Å². The van der Waals surface area contributed by atoms with Crippen LogP contribution in [-0.4, -0.2) is 56.7 Å². The molecule has 0 spiro atoms. The molecular formula is C24H24N4O6. The molecule has 176 valence electrons. The fourth-order valence-corrected chi connectivity index (χ4v) is 4.09. The monoisotopic (exact) mass is 464 g/mol. The van der Waals surface area contributed by atoms with Crippen LogP contribution >= 0.6 is 0 Å². The van der Waals surface area contributed by atoms with Crippen molar-refractivity contribution in [3.05, 3.63) is 71.4 Å². The van der Waals surface area contributed by atoms with E-state index in [-0.39, 0.29) is 23.9 Å². The maximum Gasteiger partial charge on any atom is 0.412 e. The summed E-state index contributed by atoms with van der Waals surface area (Å²) < 4.78 is 6.78. The molecule has 1 aromatic heterocycles. The Hall–Kier alpha value is -4.18. The van der Waals surface area contributed by atoms with Crippen molar-refractivity contribution in [1.29, 1.82) is 0 Å². The number of nitrogens with zero attached hydrogens (tertiary/aromatic N) is 2. The Labute approximate surface area is 195 Å². The third kappa shape index (κ3) is 4.48. The Balaban J connectivity index is 1.46. The first-order chi connectivity index (χ1) is 16.3. The van der Waals surface area contributed by atoms with Gasteiger partial charge in [0, 0.05) is 19.2 Å². The number of carboxylic acids is 1. The van der Waals surface area contributed by atoms with Crippen LogP contribution in [0.25, 0.3) is 11.1 Å². The summed E-state index contributed by atoms with van der Waals surface area (Å²) in [6.45, 7) is 1.33. The van der Waals surface area contributed by atoms with Crippen LogP contribution in [0.3, 0.4) is 0 Å². The lowest BCUT2D eigenvalue weighted by atomic mass is 9.98. The van der Waals surface area contributed by atoms with E-state index >= 15 is 0 Å². The molecule has 10 heteroatoms. The number of fused-ring (bicyclic) bond motifs is 3. The SMILES string of the molecule is CC(O)C(NC(=O)c1cn(C)nc1NC(=O)OCC1c2ccccc2-c2ccccc21)C(=O)O. The van der Waals surface area contributed by atoms with E-state index < -0.39 is 30.1 Å². The molecule has 0 saturated carbocycles. The van der Waals surface area contributed by atoms with Crippen molar-refractivity contribution in [2.75, 3.05) is 11.9 Å². The van der Waals surface area contributed by atoms with Gasteiger partial charge >= 0.3 is 12.1 Å². The summed E-state index contributed by atoms with van der Waals surface area (Å²) in [4.78, 5) is 36.4. The number of aromatic nitrogens is 2. The van der Waals surface area contributed by atoms with Gasteiger partial charge in [0.05, 0.1) is 6.10 Å². The van der Waals surface area contributed by atoms with Gasteiger partial charge in [-0.25, -0.2) is 9.59 Å². The quantitative estimate of drug-likeness (QED) is 0.420. The highest BCUT2D eigenvalue weighted by Crippen LogP contribution is 2.44. The molecule has 34 heavy (non-hydrogen) atoms. The lowest BCUT2D eigenvalue weighted by Crippen LogP contribution is -2.47. The first-order valence-corrected chi connectivity index (χ1v) is 10.6. The van der Waals surface area contributed by atoms with Crippen molar-refractivity contribution in [2.24, 2.45) is 7.05 Å². The van der Waals surface area contributed by atoms with Crippen molar-refractivity contribution in [3.63, 3.8) is 0 Å². The third-order valence-corrected chi connectivity index (χ3v) is 5.67. The van der Waals surface area contributed by atoms with Crippen molar-refractivity contribution in [3.8, 4) is 11.1 Å². The van der Waals surface area contributed by atoms with E-state index in [1.54, 1.807) is 7.05 Å². The molecule has 1 aliphatic rings. The Morgan fingerprint density at radius 2 is 1.68 bits per heavy atom. The predicted octanol–water partition coefficient (Wildman–Crippen LogP) is 2.34. The van der Waals surface area contributed by atoms with Gasteiger partial charge < -0.3 is 20.3 Å². The molecule has 0 fully saturated rings. The number of hydrogen-bond acceptors (Lipinski definition) is 6. The minimum absolute atomic E-state index is 0.0668. The maximum atomic E-state index is 12.6. The molecule has 10 nitrogen and oxygen atoms in total. The number of carbonyl (C=O) groups excluding carboxylic acids is 2. The van der Waals surface area contributed by atoms with Crippen molar-refractivity contribution < 1.29 is 29.3 Å². The van der Waals surface area contributed by atoms with Gasteiger partial charge in [0.1, 0.15) is 12.2 Å². The minimum atomic E-state index is -1.52. The molecule has 2 amide bonds. The maximum absolute atomic E-state index is 12.6. The summed E-state index contributed by atoms with van der Waals surface area (Å²) in [5.74, 6) is -2.42. The number of benzene rings is 2. The van der Waals surface area contributed by atoms with E-state index in [0.29, 0.717) is 0 Å². The standard InChI is InChI=1S/C24H24N4O6/c1-13(29)20(23(31)32)25-22(30)18-11-28(2)27-21(18)26-24(33)34-12-19-16-9-5-3-7-14(16)15-8-4-6-10-17(15)19/h3-11,13,19-20,29H,12H2,1-2H3,(H,25,30)(H,31,32)(H,26,27,33). The molecule has 3 aromatic rings. The molecule has 2 unspecified atom stereocenters. The normalized spacial score (nSPS) is 14.0. The van der Waals surface area contributed by atoms with Crippen LogP contribution in [0.15, 0.2) is 54.7 Å². The van der Waals surface area contributed by atoms with Crippen LogP contribution in [0.5, 0.6) is 0 Å². The van der Waals surface area contributed by atoms with Crippen LogP contribution in [0.1, 0.15) is 34.3 Å². The van der Waals surface area contributed by atoms with Gasteiger partial charge in [-0.15, -0.1) is 0 Å². The van der Waals surface area contributed by atoms with Crippen LogP contribution < -0.4 is 10.6 Å². The van der Waals surface area contributed by atoms with Gasteiger partial charge in [-0.05, 0) is 29.2 Å². The number of nitrogens with one attached hydrogen (secondary N) is 2. The molecular weight excluding hydrogens is 440 g/mol. The van der Waals surface area contributed by atoms with E-state index in [1.807, 2.05) is 48.5 Å². The van der Waals surface area contributed by atoms with Crippen LogP contribution in [0.4, 0.5) is 10.6 Å². The van der Waals surface area contributed by atoms with E-state index in [9.17, 15) is 24.6 Å². The van der Waals surface area contributed by atoms with E-state index in [1.165, 1.54) is 17.8 Å². The Kier molecular flexibility index (Phi) is 6.33. The fraction of sp³-hybridized carbons (Fsp3) is 0.250. The number of aliphatic hydroxyl groups excluding tert-OH is 1. The molecule has 1 heterocycles. The Morgan fingerprint density at radius 3 is 2.24 bits per heavy atom. The molecule has 1 aliphatic carbocycles. The molecule has 2 aromatic carbocycles. The van der Waals surface area contributed by atoms with Crippen molar-refractivity contribution in [2.45, 2.75) is 25.0 Å². The van der Waals surface area contributed by atoms with Crippen molar-refractivity contribution >= 4 is 23.8 Å². The number of aliphatic carboxylic acids is 1. The fourth-order valence-electron chi connectivity index (χ4n) is 4.09. The Morgan fingerprint density at radius 1 is 1.09 bits per heavy atom. The van der Waals surface area contributed by atoms with E-state index in [0.717, 1.165) is 22.3 Å². The second-order valence-corrected chi connectivity index (χ2v) is 8.05. The number of carboxylic acid groups (broad SMARTS) is 1. The molecule has 0 radical (unpaired) electrons. The first kappa shape index (κ1) is 23.0. The second-order valence-electron chi connectivity index (χ2n) is 8.05. The zero-order valence-electron chi connectivity index (χ0n) is 18.6.